The van der Waals surface area contributed by atoms with Crippen molar-refractivity contribution < 1.29 is 14.4 Å². The Labute approximate surface area is 209 Å². The summed E-state index contributed by atoms with van der Waals surface area (Å²) < 4.78 is 0. The van der Waals surface area contributed by atoms with Crippen LogP contribution in [0.4, 0.5) is 0 Å². The van der Waals surface area contributed by atoms with Gasteiger partial charge in [-0.1, -0.05) is 67.2 Å². The minimum absolute atomic E-state index is 0.0590. The monoisotopic (exact) mass is 491 g/mol. The number of carbonyl (C=O) groups excluding carboxylic acids is 2. The second kappa shape index (κ2) is 12.1. The Kier molecular flexibility index (Phi) is 8.72. The molecule has 1 fully saturated rings. The fourth-order valence-electron chi connectivity index (χ4n) is 4.25. The minimum Gasteiger partial charge on any atom is -0.318 e. The molecule has 0 aliphatic heterocycles. The zero-order chi connectivity index (χ0) is 23.8. The highest BCUT2D eigenvalue weighted by molar-refractivity contribution is 7.99. The summed E-state index contributed by atoms with van der Waals surface area (Å²) in [6.07, 6.45) is 8.43. The van der Waals surface area contributed by atoms with Gasteiger partial charge in [0.05, 0.1) is 10.6 Å². The fraction of sp³-hybridized carbons (Fsp3) is 0.321. The number of rotatable bonds is 9. The van der Waals surface area contributed by atoms with Gasteiger partial charge in [-0.3, -0.25) is 4.79 Å². The summed E-state index contributed by atoms with van der Waals surface area (Å²) in [5, 5.41) is 6.08. The molecule has 1 aliphatic carbocycles. The van der Waals surface area contributed by atoms with Gasteiger partial charge in [-0.2, -0.15) is 0 Å². The molecule has 1 aliphatic rings. The Morgan fingerprint density at radius 3 is 2.18 bits per heavy atom. The van der Waals surface area contributed by atoms with Crippen LogP contribution in [0.25, 0.3) is 0 Å². The Balaban J connectivity index is 1.40. The first-order valence-electron chi connectivity index (χ1n) is 11.8. The quantitative estimate of drug-likeness (QED) is 0.133. The highest BCUT2D eigenvalue weighted by atomic mass is 32.2. The summed E-state index contributed by atoms with van der Waals surface area (Å²) in [6.45, 7) is 1.38. The molecular formula is C28H29NO3S2. The van der Waals surface area contributed by atoms with Crippen molar-refractivity contribution in [3.63, 3.8) is 0 Å². The molecule has 0 radical (unpaired) electrons. The second-order valence-electron chi connectivity index (χ2n) is 8.62. The largest absolute Gasteiger partial charge is 0.331 e. The van der Waals surface area contributed by atoms with Gasteiger partial charge in [0, 0.05) is 22.3 Å². The van der Waals surface area contributed by atoms with Gasteiger partial charge in [-0.05, 0) is 72.2 Å². The lowest BCUT2D eigenvalue weighted by Crippen LogP contribution is -2.10. The SMILES string of the molecule is CC(=O)O/N=C(\CCC1CCCCC1)c1ccc(Sc2ccc(C(=O)c3cccs3)cc2)cc1. The molecule has 0 amide bonds. The van der Waals surface area contributed by atoms with Gasteiger partial charge in [0.15, 0.2) is 0 Å². The van der Waals surface area contributed by atoms with Crippen molar-refractivity contribution in [2.24, 2.45) is 11.1 Å². The van der Waals surface area contributed by atoms with E-state index in [2.05, 4.69) is 17.3 Å². The third kappa shape index (κ3) is 6.90. The van der Waals surface area contributed by atoms with Crippen molar-refractivity contribution in [3.05, 3.63) is 82.0 Å². The first-order chi connectivity index (χ1) is 16.6. The predicted octanol–water partition coefficient (Wildman–Crippen LogP) is 7.76. The second-order valence-corrected chi connectivity index (χ2v) is 10.7. The van der Waals surface area contributed by atoms with Crippen LogP contribution in [0.3, 0.4) is 0 Å². The van der Waals surface area contributed by atoms with Gasteiger partial charge in [-0.15, -0.1) is 11.3 Å². The van der Waals surface area contributed by atoms with E-state index >= 15 is 0 Å². The van der Waals surface area contributed by atoms with Crippen LogP contribution in [0.5, 0.6) is 0 Å². The van der Waals surface area contributed by atoms with Gasteiger partial charge in [0.2, 0.25) is 5.78 Å². The van der Waals surface area contributed by atoms with Crippen LogP contribution in [0.2, 0.25) is 0 Å². The van der Waals surface area contributed by atoms with Gasteiger partial charge >= 0.3 is 5.97 Å². The molecule has 0 saturated heterocycles. The van der Waals surface area contributed by atoms with Crippen molar-refractivity contribution in [3.8, 4) is 0 Å². The highest BCUT2D eigenvalue weighted by Crippen LogP contribution is 2.30. The molecule has 0 unspecified atom stereocenters. The van der Waals surface area contributed by atoms with Crippen molar-refractivity contribution in [2.45, 2.75) is 61.7 Å². The van der Waals surface area contributed by atoms with Crippen molar-refractivity contribution in [1.29, 1.82) is 0 Å². The number of oxime groups is 1. The van der Waals surface area contributed by atoms with Gasteiger partial charge in [0.25, 0.3) is 0 Å². The molecule has 3 aromatic rings. The normalized spacial score (nSPS) is 14.7. The molecular weight excluding hydrogens is 462 g/mol. The summed E-state index contributed by atoms with van der Waals surface area (Å²) in [6, 6.07) is 19.7. The maximum absolute atomic E-state index is 12.5. The van der Waals surface area contributed by atoms with Crippen molar-refractivity contribution in [2.75, 3.05) is 0 Å². The van der Waals surface area contributed by atoms with Crippen LogP contribution in [0, 0.1) is 5.92 Å². The van der Waals surface area contributed by atoms with E-state index in [1.807, 2.05) is 53.9 Å². The van der Waals surface area contributed by atoms with E-state index in [1.165, 1.54) is 50.4 Å². The van der Waals surface area contributed by atoms with Crippen LogP contribution in [0.15, 0.2) is 81.0 Å². The highest BCUT2D eigenvalue weighted by Gasteiger charge is 2.16. The Hall–Kier alpha value is -2.70. The molecule has 1 aromatic heterocycles. The van der Waals surface area contributed by atoms with Crippen LogP contribution in [-0.4, -0.2) is 17.5 Å². The number of thiophene rings is 1. The summed E-state index contributed by atoms with van der Waals surface area (Å²) in [5.74, 6) is 0.396. The summed E-state index contributed by atoms with van der Waals surface area (Å²) >= 11 is 3.11. The molecule has 1 saturated carbocycles. The summed E-state index contributed by atoms with van der Waals surface area (Å²) in [5.41, 5.74) is 2.51. The Morgan fingerprint density at radius 2 is 1.59 bits per heavy atom. The topological polar surface area (TPSA) is 55.7 Å². The zero-order valence-electron chi connectivity index (χ0n) is 19.4. The lowest BCUT2D eigenvalue weighted by atomic mass is 9.85. The molecule has 0 spiro atoms. The number of nitrogens with zero attached hydrogens (tertiary/aromatic N) is 1. The lowest BCUT2D eigenvalue weighted by molar-refractivity contribution is -0.140. The molecule has 2 aromatic carbocycles. The standard InChI is InChI=1S/C28H29NO3S2/c1-20(30)32-29-26(18-9-21-6-3-2-4-7-21)22-10-14-24(15-11-22)34-25-16-12-23(13-17-25)28(31)27-8-5-19-33-27/h5,8,10-17,19,21H,2-4,6-7,9,18H2,1H3/b29-26+. The Morgan fingerprint density at radius 1 is 0.941 bits per heavy atom. The smallest absolute Gasteiger partial charge is 0.318 e. The van der Waals surface area contributed by atoms with Gasteiger partial charge in [-0.25, -0.2) is 4.79 Å². The maximum Gasteiger partial charge on any atom is 0.331 e. The van der Waals surface area contributed by atoms with Gasteiger partial charge < -0.3 is 4.84 Å². The first kappa shape index (κ1) is 24.4. The zero-order valence-corrected chi connectivity index (χ0v) is 21.0. The number of benzene rings is 2. The van der Waals surface area contributed by atoms with E-state index in [-0.39, 0.29) is 5.78 Å². The number of ketones is 1. The van der Waals surface area contributed by atoms with E-state index in [1.54, 1.807) is 11.8 Å². The van der Waals surface area contributed by atoms with Crippen LogP contribution < -0.4 is 0 Å². The van der Waals surface area contributed by atoms with E-state index < -0.39 is 5.97 Å². The predicted molar refractivity (Wildman–Crippen MR) is 139 cm³/mol. The van der Waals surface area contributed by atoms with Crippen LogP contribution in [-0.2, 0) is 9.63 Å². The molecule has 6 heteroatoms. The number of hydrogen-bond donors (Lipinski definition) is 0. The third-order valence-electron chi connectivity index (χ3n) is 6.08. The lowest BCUT2D eigenvalue weighted by Gasteiger charge is -2.21. The molecule has 0 bridgehead atoms. The van der Waals surface area contributed by atoms with Crippen LogP contribution >= 0.6 is 23.1 Å². The fourth-order valence-corrected chi connectivity index (χ4v) is 5.76. The molecule has 4 rings (SSSR count). The molecule has 34 heavy (non-hydrogen) atoms. The van der Waals surface area contributed by atoms with E-state index in [0.717, 1.165) is 44.7 Å². The Bertz CT molecular complexity index is 1110. The average Bonchev–Trinajstić information content (AvgIpc) is 3.40. The number of carbonyl (C=O) groups is 2. The molecule has 0 atom stereocenters. The van der Waals surface area contributed by atoms with E-state index in [4.69, 9.17) is 4.84 Å². The minimum atomic E-state index is -0.400. The molecule has 1 heterocycles. The van der Waals surface area contributed by atoms with Crippen LogP contribution in [0.1, 0.15) is 72.7 Å². The van der Waals surface area contributed by atoms with E-state index in [0.29, 0.717) is 5.56 Å². The third-order valence-corrected chi connectivity index (χ3v) is 7.97. The van der Waals surface area contributed by atoms with Crippen molar-refractivity contribution >= 4 is 40.6 Å². The maximum atomic E-state index is 12.5. The number of hydrogen-bond acceptors (Lipinski definition) is 6. The average molecular weight is 492 g/mol. The van der Waals surface area contributed by atoms with E-state index in [9.17, 15) is 9.59 Å². The summed E-state index contributed by atoms with van der Waals surface area (Å²) in [7, 11) is 0. The van der Waals surface area contributed by atoms with Crippen molar-refractivity contribution in [1.82, 2.24) is 0 Å². The van der Waals surface area contributed by atoms with Gasteiger partial charge in [0.1, 0.15) is 0 Å². The first-order valence-corrected chi connectivity index (χ1v) is 13.5. The molecule has 176 valence electrons. The summed E-state index contributed by atoms with van der Waals surface area (Å²) in [4.78, 5) is 31.7. The molecule has 4 nitrogen and oxygen atoms in total. The molecule has 0 N–H and O–H groups in total.